The second-order valence-electron chi connectivity index (χ2n) is 4.97. The molecule has 0 unspecified atom stereocenters. The lowest BCUT2D eigenvalue weighted by Gasteiger charge is -2.07. The molecule has 0 aliphatic rings. The Bertz CT molecular complexity index is 827. The predicted molar refractivity (Wildman–Crippen MR) is 98.6 cm³/mol. The second-order valence-corrected chi connectivity index (χ2v) is 5.81. The van der Waals surface area contributed by atoms with Crippen LogP contribution in [0.25, 0.3) is 0 Å². The molecule has 5 nitrogen and oxygen atoms in total. The van der Waals surface area contributed by atoms with Crippen molar-refractivity contribution in [3.05, 3.63) is 69.8 Å². The van der Waals surface area contributed by atoms with Gasteiger partial charge in [0.05, 0.1) is 17.8 Å². The van der Waals surface area contributed by atoms with Crippen molar-refractivity contribution in [3.63, 3.8) is 0 Å². The highest BCUT2D eigenvalue weighted by atomic mass is 35.5. The molecule has 0 saturated heterocycles. The van der Waals surface area contributed by atoms with E-state index in [0.29, 0.717) is 22.3 Å². The van der Waals surface area contributed by atoms with Crippen molar-refractivity contribution in [2.75, 3.05) is 12.4 Å². The quantitative estimate of drug-likeness (QED) is 0.587. The monoisotopic (exact) mass is 375 g/mol. The van der Waals surface area contributed by atoms with Crippen LogP contribution in [0.4, 0.5) is 5.69 Å². The fourth-order valence-electron chi connectivity index (χ4n) is 1.93. The van der Waals surface area contributed by atoms with Crippen LogP contribution in [-0.4, -0.2) is 13.0 Å². The summed E-state index contributed by atoms with van der Waals surface area (Å²) in [6, 6.07) is 14.0. The molecule has 2 aromatic carbocycles. The van der Waals surface area contributed by atoms with Crippen molar-refractivity contribution in [1.29, 1.82) is 5.26 Å². The minimum Gasteiger partial charge on any atom is -0.497 e. The van der Waals surface area contributed by atoms with Gasteiger partial charge in [0.15, 0.2) is 0 Å². The van der Waals surface area contributed by atoms with Crippen molar-refractivity contribution in [3.8, 4) is 11.8 Å². The number of benzene rings is 2. The zero-order chi connectivity index (χ0) is 18.2. The zero-order valence-corrected chi connectivity index (χ0v) is 14.9. The summed E-state index contributed by atoms with van der Waals surface area (Å²) in [5.74, 6) is 0.235. The SMILES string of the molecule is COc1ccc(CNC(=O)/C(C#N)=C\Nc2cc(Cl)ccc2Cl)cc1. The van der Waals surface area contributed by atoms with Crippen LogP contribution in [0.15, 0.2) is 54.2 Å². The van der Waals surface area contributed by atoms with E-state index in [1.165, 1.54) is 6.20 Å². The summed E-state index contributed by atoms with van der Waals surface area (Å²) in [6.45, 7) is 0.291. The van der Waals surface area contributed by atoms with Gasteiger partial charge in [-0.25, -0.2) is 0 Å². The predicted octanol–water partition coefficient (Wildman–Crippen LogP) is 4.14. The molecule has 0 spiro atoms. The molecule has 0 aliphatic carbocycles. The van der Waals surface area contributed by atoms with E-state index in [1.807, 2.05) is 18.2 Å². The first kappa shape index (κ1) is 18.7. The summed E-state index contributed by atoms with van der Waals surface area (Å²) in [5, 5.41) is 15.6. The van der Waals surface area contributed by atoms with E-state index < -0.39 is 5.91 Å². The number of amides is 1. The van der Waals surface area contributed by atoms with Gasteiger partial charge in [-0.15, -0.1) is 0 Å². The summed E-state index contributed by atoms with van der Waals surface area (Å²) < 4.78 is 5.07. The van der Waals surface area contributed by atoms with Crippen LogP contribution < -0.4 is 15.4 Å². The third kappa shape index (κ3) is 5.42. The van der Waals surface area contributed by atoms with E-state index >= 15 is 0 Å². The molecule has 25 heavy (non-hydrogen) atoms. The van der Waals surface area contributed by atoms with E-state index in [0.717, 1.165) is 11.3 Å². The number of carbonyl (C=O) groups is 1. The van der Waals surface area contributed by atoms with Crippen molar-refractivity contribution < 1.29 is 9.53 Å². The maximum absolute atomic E-state index is 12.1. The fourth-order valence-corrected chi connectivity index (χ4v) is 2.27. The largest absolute Gasteiger partial charge is 0.497 e. The van der Waals surface area contributed by atoms with Gasteiger partial charge in [-0.3, -0.25) is 4.79 Å². The summed E-state index contributed by atoms with van der Waals surface area (Å²) in [6.07, 6.45) is 1.29. The molecular formula is C18H15Cl2N3O2. The lowest BCUT2D eigenvalue weighted by Crippen LogP contribution is -2.24. The molecule has 2 rings (SSSR count). The summed E-state index contributed by atoms with van der Waals surface area (Å²) in [5.41, 5.74) is 1.31. The van der Waals surface area contributed by atoms with E-state index in [4.69, 9.17) is 33.2 Å². The van der Waals surface area contributed by atoms with Gasteiger partial charge in [-0.1, -0.05) is 35.3 Å². The van der Waals surface area contributed by atoms with Gasteiger partial charge < -0.3 is 15.4 Å². The first-order chi connectivity index (χ1) is 12.0. The lowest BCUT2D eigenvalue weighted by atomic mass is 10.2. The molecule has 0 saturated carbocycles. The number of halogens is 2. The molecule has 128 valence electrons. The Morgan fingerprint density at radius 1 is 1.24 bits per heavy atom. The van der Waals surface area contributed by atoms with Crippen LogP contribution in [0.2, 0.25) is 10.0 Å². The molecule has 7 heteroatoms. The first-order valence-corrected chi connectivity index (χ1v) is 8.02. The maximum atomic E-state index is 12.1. The topological polar surface area (TPSA) is 74.1 Å². The van der Waals surface area contributed by atoms with Crippen molar-refractivity contribution in [2.45, 2.75) is 6.54 Å². The Labute approximate surface area is 155 Å². The number of carbonyl (C=O) groups excluding carboxylic acids is 1. The Morgan fingerprint density at radius 3 is 2.60 bits per heavy atom. The van der Waals surface area contributed by atoms with Crippen molar-refractivity contribution >= 4 is 34.8 Å². The second kappa shape index (κ2) is 8.97. The normalized spacial score (nSPS) is 10.7. The lowest BCUT2D eigenvalue weighted by molar-refractivity contribution is -0.117. The van der Waals surface area contributed by atoms with Gasteiger partial charge in [0, 0.05) is 17.8 Å². The third-order valence-electron chi connectivity index (χ3n) is 3.28. The standard InChI is InChI=1S/C18H15Cl2N3O2/c1-25-15-5-2-12(3-6-15)10-23-18(24)13(9-21)11-22-17-8-14(19)4-7-16(17)20/h2-8,11,22H,10H2,1H3,(H,23,24)/b13-11-. The molecule has 2 aromatic rings. The van der Waals surface area contributed by atoms with Crippen LogP contribution in [0, 0.1) is 11.3 Å². The number of hydrogen-bond acceptors (Lipinski definition) is 4. The third-order valence-corrected chi connectivity index (χ3v) is 3.84. The highest BCUT2D eigenvalue weighted by molar-refractivity contribution is 6.35. The summed E-state index contributed by atoms with van der Waals surface area (Å²) in [7, 11) is 1.58. The zero-order valence-electron chi connectivity index (χ0n) is 13.3. The van der Waals surface area contributed by atoms with Crippen molar-refractivity contribution in [2.24, 2.45) is 0 Å². The number of methoxy groups -OCH3 is 1. The van der Waals surface area contributed by atoms with Gasteiger partial charge in [0.2, 0.25) is 0 Å². The summed E-state index contributed by atoms with van der Waals surface area (Å²) in [4.78, 5) is 12.1. The van der Waals surface area contributed by atoms with Crippen LogP contribution >= 0.6 is 23.2 Å². The van der Waals surface area contributed by atoms with Crippen LogP contribution in [0.1, 0.15) is 5.56 Å². The molecule has 0 heterocycles. The van der Waals surface area contributed by atoms with E-state index in [-0.39, 0.29) is 5.57 Å². The number of nitrogens with zero attached hydrogens (tertiary/aromatic N) is 1. The Morgan fingerprint density at radius 2 is 1.96 bits per heavy atom. The Hall–Kier alpha value is -2.68. The first-order valence-electron chi connectivity index (χ1n) is 7.26. The number of nitriles is 1. The number of anilines is 1. The molecule has 0 aromatic heterocycles. The highest BCUT2D eigenvalue weighted by Gasteiger charge is 2.09. The van der Waals surface area contributed by atoms with E-state index in [9.17, 15) is 4.79 Å². The van der Waals surface area contributed by atoms with E-state index in [2.05, 4.69) is 10.6 Å². The number of nitrogens with one attached hydrogen (secondary N) is 2. The average molecular weight is 376 g/mol. The molecule has 0 aliphatic heterocycles. The van der Waals surface area contributed by atoms with Gasteiger partial charge in [-0.05, 0) is 35.9 Å². The smallest absolute Gasteiger partial charge is 0.263 e. The van der Waals surface area contributed by atoms with Crippen LogP contribution in [-0.2, 0) is 11.3 Å². The molecule has 0 radical (unpaired) electrons. The van der Waals surface area contributed by atoms with Crippen molar-refractivity contribution in [1.82, 2.24) is 5.32 Å². The fraction of sp³-hybridized carbons (Fsp3) is 0.111. The molecular weight excluding hydrogens is 361 g/mol. The molecule has 0 atom stereocenters. The minimum atomic E-state index is -0.496. The van der Waals surface area contributed by atoms with Gasteiger partial charge >= 0.3 is 0 Å². The van der Waals surface area contributed by atoms with Gasteiger partial charge in [0.25, 0.3) is 5.91 Å². The molecule has 0 bridgehead atoms. The molecule has 0 fully saturated rings. The van der Waals surface area contributed by atoms with E-state index in [1.54, 1.807) is 37.4 Å². The average Bonchev–Trinajstić information content (AvgIpc) is 2.63. The number of hydrogen-bond donors (Lipinski definition) is 2. The van der Waals surface area contributed by atoms with Gasteiger partial charge in [0.1, 0.15) is 17.4 Å². The Kier molecular flexibility index (Phi) is 6.70. The highest BCUT2D eigenvalue weighted by Crippen LogP contribution is 2.25. The maximum Gasteiger partial charge on any atom is 0.263 e. The van der Waals surface area contributed by atoms with Gasteiger partial charge in [-0.2, -0.15) is 5.26 Å². The van der Waals surface area contributed by atoms with Crippen LogP contribution in [0.3, 0.4) is 0 Å². The molecule has 2 N–H and O–H groups in total. The molecule has 1 amide bonds. The van der Waals surface area contributed by atoms with Crippen LogP contribution in [0.5, 0.6) is 5.75 Å². The minimum absolute atomic E-state index is 0.0791. The summed E-state index contributed by atoms with van der Waals surface area (Å²) >= 11 is 11.9. The Balaban J connectivity index is 2.00. The number of rotatable bonds is 6. The number of ether oxygens (including phenoxy) is 1.